The molecule has 1 aliphatic rings. The van der Waals surface area contributed by atoms with E-state index in [1.807, 2.05) is 78.9 Å². The number of carbonyl (C=O) groups excluding carboxylic acids is 2. The lowest BCUT2D eigenvalue weighted by Gasteiger charge is -2.32. The minimum Gasteiger partial charge on any atom is -0.350 e. The molecule has 3 aromatic rings. The molecule has 2 heterocycles. The maximum atomic E-state index is 13.4. The van der Waals surface area contributed by atoms with Crippen molar-refractivity contribution in [1.82, 2.24) is 20.9 Å². The molecule has 1 saturated heterocycles. The van der Waals surface area contributed by atoms with E-state index in [1.165, 1.54) is 5.17 Å². The van der Waals surface area contributed by atoms with Gasteiger partial charge in [-0.1, -0.05) is 71.9 Å². The molecule has 4 rings (SSSR count). The second-order valence-corrected chi connectivity index (χ2v) is 6.92. The van der Waals surface area contributed by atoms with E-state index < -0.39 is 12.0 Å². The van der Waals surface area contributed by atoms with E-state index in [0.717, 1.165) is 16.8 Å². The van der Waals surface area contributed by atoms with E-state index in [9.17, 15) is 9.59 Å². The monoisotopic (exact) mass is 402 g/mol. The Morgan fingerprint density at radius 3 is 2.27 bits per heavy atom. The molecule has 7 nitrogen and oxygen atoms in total. The van der Waals surface area contributed by atoms with Crippen molar-refractivity contribution in [3.8, 4) is 0 Å². The molecular weight excluding hydrogens is 380 g/mol. The third-order valence-electron chi connectivity index (χ3n) is 4.89. The van der Waals surface area contributed by atoms with Crippen LogP contribution < -0.4 is 10.7 Å². The molecule has 0 radical (unpaired) electrons. The Labute approximate surface area is 174 Å². The average Bonchev–Trinajstić information content (AvgIpc) is 3.23. The van der Waals surface area contributed by atoms with Crippen LogP contribution in [0.15, 0.2) is 85.1 Å². The highest BCUT2D eigenvalue weighted by Crippen LogP contribution is 2.36. The van der Waals surface area contributed by atoms with Crippen LogP contribution in [0, 0.1) is 0 Å². The second-order valence-electron chi connectivity index (χ2n) is 6.92. The Kier molecular flexibility index (Phi) is 6.12. The van der Waals surface area contributed by atoms with Crippen LogP contribution in [0.25, 0.3) is 0 Å². The first-order valence-corrected chi connectivity index (χ1v) is 9.71. The highest BCUT2D eigenvalue weighted by Gasteiger charge is 2.39. The number of nitrogens with one attached hydrogen (secondary N) is 2. The Bertz CT molecular complexity index is 983. The number of carbonyl (C=O) groups is 2. The van der Waals surface area contributed by atoms with Gasteiger partial charge in [-0.05, 0) is 23.3 Å². The molecule has 0 spiro atoms. The van der Waals surface area contributed by atoms with Gasteiger partial charge in [-0.15, -0.1) is 0 Å². The fourth-order valence-corrected chi connectivity index (χ4v) is 3.51. The molecule has 0 aliphatic carbocycles. The first-order valence-electron chi connectivity index (χ1n) is 9.71. The molecule has 2 atom stereocenters. The summed E-state index contributed by atoms with van der Waals surface area (Å²) < 4.78 is 0. The fraction of sp³-hybridized carbons (Fsp3) is 0.174. The van der Waals surface area contributed by atoms with Crippen molar-refractivity contribution in [3.05, 3.63) is 102 Å². The van der Waals surface area contributed by atoms with Gasteiger partial charge in [0, 0.05) is 6.20 Å². The number of hydrazine groups is 1. The summed E-state index contributed by atoms with van der Waals surface area (Å²) in [7, 11) is 0. The molecule has 30 heavy (non-hydrogen) atoms. The van der Waals surface area contributed by atoms with Crippen molar-refractivity contribution >= 4 is 11.8 Å². The summed E-state index contributed by atoms with van der Waals surface area (Å²) in [6.45, 7) is 0.220. The van der Waals surface area contributed by atoms with Crippen LogP contribution in [0.2, 0.25) is 0 Å². The Morgan fingerprint density at radius 2 is 1.67 bits per heavy atom. The fourth-order valence-electron chi connectivity index (χ4n) is 3.51. The van der Waals surface area contributed by atoms with Crippen molar-refractivity contribution in [3.63, 3.8) is 0 Å². The summed E-state index contributed by atoms with van der Waals surface area (Å²) in [6.07, 6.45) is 1.69. The zero-order chi connectivity index (χ0) is 20.8. The number of benzene rings is 2. The van der Waals surface area contributed by atoms with Crippen LogP contribution in [-0.4, -0.2) is 28.6 Å². The molecule has 2 N–H and O–H groups in total. The first kappa shape index (κ1) is 19.8. The molecule has 1 aliphatic heterocycles. The van der Waals surface area contributed by atoms with Crippen molar-refractivity contribution in [2.75, 3.05) is 6.61 Å². The highest BCUT2D eigenvalue weighted by atomic mass is 16.7. The van der Waals surface area contributed by atoms with Gasteiger partial charge in [0.25, 0.3) is 5.91 Å². The van der Waals surface area contributed by atoms with Crippen molar-refractivity contribution in [2.24, 2.45) is 0 Å². The van der Waals surface area contributed by atoms with Gasteiger partial charge in [-0.2, -0.15) is 0 Å². The molecule has 152 valence electrons. The minimum absolute atomic E-state index is 0.0829. The lowest BCUT2D eigenvalue weighted by molar-refractivity contribution is -0.181. The van der Waals surface area contributed by atoms with Gasteiger partial charge in [0.2, 0.25) is 5.91 Å². The molecule has 0 saturated carbocycles. The molecule has 1 fully saturated rings. The van der Waals surface area contributed by atoms with E-state index in [-0.39, 0.29) is 18.4 Å². The third kappa shape index (κ3) is 4.53. The predicted octanol–water partition coefficient (Wildman–Crippen LogP) is 2.50. The number of pyridine rings is 1. The van der Waals surface area contributed by atoms with Crippen LogP contribution in [0.3, 0.4) is 0 Å². The molecule has 1 aromatic heterocycles. The normalized spacial score (nSPS) is 15.9. The van der Waals surface area contributed by atoms with E-state index >= 15 is 0 Å². The van der Waals surface area contributed by atoms with Crippen LogP contribution in [0.1, 0.15) is 28.8 Å². The molecule has 2 amide bonds. The zero-order valence-corrected chi connectivity index (χ0v) is 16.3. The first-order chi connectivity index (χ1) is 14.7. The van der Waals surface area contributed by atoms with Crippen LogP contribution >= 0.6 is 0 Å². The molecule has 2 unspecified atom stereocenters. The topological polar surface area (TPSA) is 83.6 Å². The number of amides is 2. The van der Waals surface area contributed by atoms with Gasteiger partial charge in [-0.3, -0.25) is 24.8 Å². The standard InChI is InChI=1S/C23H22N4O3/c28-20-16-30-27(26-20)22(18-11-5-2-6-12-18)21(17-9-3-1-4-10-17)23(29)25-15-19-13-7-8-14-24-19/h1-14,21-22H,15-16H2,(H,25,29)(H,26,28). The Balaban J connectivity index is 1.68. The zero-order valence-electron chi connectivity index (χ0n) is 16.3. The quantitative estimate of drug-likeness (QED) is 0.635. The Morgan fingerprint density at radius 1 is 1.00 bits per heavy atom. The Hall–Kier alpha value is -3.55. The van der Waals surface area contributed by atoms with Gasteiger partial charge >= 0.3 is 0 Å². The predicted molar refractivity (Wildman–Crippen MR) is 110 cm³/mol. The minimum atomic E-state index is -0.629. The van der Waals surface area contributed by atoms with Gasteiger partial charge in [0.15, 0.2) is 6.61 Å². The maximum absolute atomic E-state index is 13.4. The average molecular weight is 402 g/mol. The summed E-state index contributed by atoms with van der Waals surface area (Å²) in [5.41, 5.74) is 5.14. The number of hydrogen-bond acceptors (Lipinski definition) is 5. The number of nitrogens with zero attached hydrogens (tertiary/aromatic N) is 2. The number of aromatic nitrogens is 1. The smallest absolute Gasteiger partial charge is 0.264 e. The highest BCUT2D eigenvalue weighted by molar-refractivity contribution is 5.85. The summed E-state index contributed by atoms with van der Waals surface area (Å²) in [5, 5.41) is 4.37. The molecule has 0 bridgehead atoms. The largest absolute Gasteiger partial charge is 0.350 e. The van der Waals surface area contributed by atoms with E-state index in [0.29, 0.717) is 6.54 Å². The van der Waals surface area contributed by atoms with E-state index in [4.69, 9.17) is 4.84 Å². The summed E-state index contributed by atoms with van der Waals surface area (Å²) in [6, 6.07) is 24.0. The molecule has 7 heteroatoms. The number of rotatable bonds is 7. The lowest BCUT2D eigenvalue weighted by atomic mass is 9.86. The van der Waals surface area contributed by atoms with Crippen LogP contribution in [-0.2, 0) is 21.0 Å². The van der Waals surface area contributed by atoms with Crippen LogP contribution in [0.4, 0.5) is 0 Å². The summed E-state index contributed by atoms with van der Waals surface area (Å²) in [5.74, 6) is -1.07. The van der Waals surface area contributed by atoms with Crippen molar-refractivity contribution in [1.29, 1.82) is 0 Å². The second kappa shape index (κ2) is 9.30. The lowest BCUT2D eigenvalue weighted by Crippen LogP contribution is -2.43. The van der Waals surface area contributed by atoms with E-state index in [2.05, 4.69) is 15.7 Å². The third-order valence-corrected chi connectivity index (χ3v) is 4.89. The number of hydroxylamine groups is 1. The maximum Gasteiger partial charge on any atom is 0.264 e. The van der Waals surface area contributed by atoms with Gasteiger partial charge in [0.05, 0.1) is 24.2 Å². The summed E-state index contributed by atoms with van der Waals surface area (Å²) in [4.78, 5) is 35.1. The van der Waals surface area contributed by atoms with Crippen LogP contribution in [0.5, 0.6) is 0 Å². The van der Waals surface area contributed by atoms with Crippen molar-refractivity contribution < 1.29 is 14.4 Å². The molecule has 2 aromatic carbocycles. The molecular formula is C23H22N4O3. The summed E-state index contributed by atoms with van der Waals surface area (Å²) >= 11 is 0. The SMILES string of the molecule is O=C1CON(C(c2ccccc2)C(C(=O)NCc2ccccn2)c2ccccc2)N1. The van der Waals surface area contributed by atoms with Gasteiger partial charge in [0.1, 0.15) is 0 Å². The van der Waals surface area contributed by atoms with E-state index in [1.54, 1.807) is 6.20 Å². The van der Waals surface area contributed by atoms with Gasteiger partial charge < -0.3 is 5.32 Å². The van der Waals surface area contributed by atoms with Gasteiger partial charge in [-0.25, -0.2) is 0 Å². The number of hydrogen-bond donors (Lipinski definition) is 2. The van der Waals surface area contributed by atoms with Crippen molar-refractivity contribution in [2.45, 2.75) is 18.5 Å².